The molecule has 0 saturated heterocycles. The van der Waals surface area contributed by atoms with Gasteiger partial charge in [0, 0.05) is 18.8 Å². The van der Waals surface area contributed by atoms with Gasteiger partial charge >= 0.3 is 0 Å². The fourth-order valence-electron chi connectivity index (χ4n) is 2.52. The Balaban J connectivity index is 1.54. The van der Waals surface area contributed by atoms with Crippen LogP contribution in [0, 0.1) is 6.92 Å². The van der Waals surface area contributed by atoms with Gasteiger partial charge in [0.1, 0.15) is 12.0 Å². The van der Waals surface area contributed by atoms with Gasteiger partial charge in [0.15, 0.2) is 11.6 Å². The Labute approximate surface area is 149 Å². The highest BCUT2D eigenvalue weighted by Gasteiger charge is 2.11. The molecular weight excluding hydrogens is 330 g/mol. The second-order valence-electron chi connectivity index (χ2n) is 5.78. The van der Waals surface area contributed by atoms with Crippen molar-refractivity contribution < 1.29 is 4.42 Å². The van der Waals surface area contributed by atoms with Crippen LogP contribution in [-0.4, -0.2) is 32.2 Å². The Hall–Kier alpha value is -3.68. The molecule has 0 amide bonds. The number of hydrogen-bond donors (Lipinski definition) is 2. The lowest BCUT2D eigenvalue weighted by Crippen LogP contribution is -2.14. The number of furan rings is 1. The van der Waals surface area contributed by atoms with Crippen molar-refractivity contribution in [2.45, 2.75) is 6.92 Å². The van der Waals surface area contributed by atoms with Gasteiger partial charge in [-0.05, 0) is 36.8 Å². The molecule has 8 heteroatoms. The van der Waals surface area contributed by atoms with E-state index in [1.165, 1.54) is 11.9 Å². The molecule has 4 aromatic rings. The zero-order valence-electron chi connectivity index (χ0n) is 14.3. The quantitative estimate of drug-likeness (QED) is 0.568. The number of aromatic amines is 1. The van der Waals surface area contributed by atoms with E-state index < -0.39 is 0 Å². The Morgan fingerprint density at radius 1 is 1.12 bits per heavy atom. The molecule has 4 rings (SSSR count). The predicted octanol–water partition coefficient (Wildman–Crippen LogP) is 3.67. The van der Waals surface area contributed by atoms with Crippen molar-refractivity contribution in [1.29, 1.82) is 0 Å². The van der Waals surface area contributed by atoms with Crippen LogP contribution in [0.3, 0.4) is 0 Å². The summed E-state index contributed by atoms with van der Waals surface area (Å²) in [6.07, 6.45) is 3.08. The van der Waals surface area contributed by atoms with Crippen LogP contribution < -0.4 is 10.2 Å². The Bertz CT molecular complexity index is 1010. The molecule has 3 aromatic heterocycles. The zero-order valence-corrected chi connectivity index (χ0v) is 14.3. The standard InChI is InChI=1S/C18H17N7O/c1-12-5-3-6-13(9-12)25(2)18-20-11-19-17(22-18)21-16-10-14(23-24-16)15-7-4-8-26-15/h3-11H,1-2H3,(H2,19,20,21,22,23,24). The molecule has 130 valence electrons. The predicted molar refractivity (Wildman–Crippen MR) is 98.6 cm³/mol. The third-order valence-corrected chi connectivity index (χ3v) is 3.85. The van der Waals surface area contributed by atoms with E-state index in [9.17, 15) is 0 Å². The highest BCUT2D eigenvalue weighted by Crippen LogP contribution is 2.23. The first-order valence-electron chi connectivity index (χ1n) is 8.05. The van der Waals surface area contributed by atoms with Crippen LogP contribution in [0.5, 0.6) is 0 Å². The molecule has 3 heterocycles. The molecule has 2 N–H and O–H groups in total. The summed E-state index contributed by atoms with van der Waals surface area (Å²) in [6, 6.07) is 13.6. The van der Waals surface area contributed by atoms with Gasteiger partial charge in [-0.15, -0.1) is 0 Å². The van der Waals surface area contributed by atoms with Crippen molar-refractivity contribution in [2.75, 3.05) is 17.3 Å². The maximum atomic E-state index is 5.35. The van der Waals surface area contributed by atoms with E-state index in [2.05, 4.69) is 36.5 Å². The molecule has 1 aromatic carbocycles. The molecule has 0 fully saturated rings. The monoisotopic (exact) mass is 347 g/mol. The zero-order chi connectivity index (χ0) is 17.9. The number of aryl methyl sites for hydroxylation is 1. The topological polar surface area (TPSA) is 95.8 Å². The number of anilines is 4. The third kappa shape index (κ3) is 3.25. The van der Waals surface area contributed by atoms with Gasteiger partial charge in [0.2, 0.25) is 11.9 Å². The molecule has 0 aliphatic carbocycles. The Kier molecular flexibility index (Phi) is 4.06. The van der Waals surface area contributed by atoms with Gasteiger partial charge in [-0.1, -0.05) is 12.1 Å². The van der Waals surface area contributed by atoms with E-state index in [1.54, 1.807) is 6.26 Å². The summed E-state index contributed by atoms with van der Waals surface area (Å²) in [4.78, 5) is 14.8. The molecule has 0 aliphatic rings. The molecule has 0 bridgehead atoms. The fourth-order valence-corrected chi connectivity index (χ4v) is 2.52. The first-order valence-corrected chi connectivity index (χ1v) is 8.05. The SMILES string of the molecule is Cc1cccc(N(C)c2ncnc(Nc3cc(-c4ccco4)[nH]n3)n2)c1. The number of rotatable bonds is 5. The van der Waals surface area contributed by atoms with Crippen molar-refractivity contribution in [2.24, 2.45) is 0 Å². The van der Waals surface area contributed by atoms with Gasteiger partial charge < -0.3 is 14.6 Å². The number of nitrogens with one attached hydrogen (secondary N) is 2. The minimum absolute atomic E-state index is 0.409. The van der Waals surface area contributed by atoms with Crippen LogP contribution in [0.4, 0.5) is 23.4 Å². The van der Waals surface area contributed by atoms with Crippen LogP contribution in [0.2, 0.25) is 0 Å². The van der Waals surface area contributed by atoms with Gasteiger partial charge in [-0.25, -0.2) is 9.97 Å². The minimum Gasteiger partial charge on any atom is -0.463 e. The van der Waals surface area contributed by atoms with E-state index in [0.29, 0.717) is 23.5 Å². The Morgan fingerprint density at radius 2 is 2.04 bits per heavy atom. The van der Waals surface area contributed by atoms with E-state index in [4.69, 9.17) is 4.42 Å². The van der Waals surface area contributed by atoms with Crippen LogP contribution >= 0.6 is 0 Å². The van der Waals surface area contributed by atoms with E-state index in [-0.39, 0.29) is 0 Å². The molecular formula is C18H17N7O. The highest BCUT2D eigenvalue weighted by molar-refractivity contribution is 5.61. The highest BCUT2D eigenvalue weighted by atomic mass is 16.3. The molecule has 8 nitrogen and oxygen atoms in total. The molecule has 0 unspecified atom stereocenters. The number of benzene rings is 1. The minimum atomic E-state index is 0.409. The van der Waals surface area contributed by atoms with Crippen molar-refractivity contribution in [3.05, 3.63) is 60.6 Å². The van der Waals surface area contributed by atoms with Crippen LogP contribution in [0.15, 0.2) is 59.5 Å². The molecule has 0 saturated carbocycles. The molecule has 0 aliphatic heterocycles. The molecule has 0 atom stereocenters. The number of H-pyrrole nitrogens is 1. The first kappa shape index (κ1) is 15.8. The Morgan fingerprint density at radius 3 is 2.85 bits per heavy atom. The van der Waals surface area contributed by atoms with Gasteiger partial charge in [-0.3, -0.25) is 5.10 Å². The van der Waals surface area contributed by atoms with Gasteiger partial charge in [0.05, 0.1) is 6.26 Å². The summed E-state index contributed by atoms with van der Waals surface area (Å²) >= 11 is 0. The maximum Gasteiger partial charge on any atom is 0.234 e. The van der Waals surface area contributed by atoms with Crippen molar-refractivity contribution in [3.8, 4) is 11.5 Å². The van der Waals surface area contributed by atoms with Crippen molar-refractivity contribution in [1.82, 2.24) is 25.1 Å². The number of nitrogens with zero attached hydrogens (tertiary/aromatic N) is 5. The second-order valence-corrected chi connectivity index (χ2v) is 5.78. The summed E-state index contributed by atoms with van der Waals surface area (Å²) in [5.74, 6) is 2.25. The summed E-state index contributed by atoms with van der Waals surface area (Å²) in [6.45, 7) is 2.05. The van der Waals surface area contributed by atoms with Crippen molar-refractivity contribution >= 4 is 23.4 Å². The lowest BCUT2D eigenvalue weighted by Gasteiger charge is -2.17. The molecule has 0 spiro atoms. The van der Waals surface area contributed by atoms with E-state index in [0.717, 1.165) is 11.4 Å². The van der Waals surface area contributed by atoms with E-state index in [1.807, 2.05) is 55.3 Å². The fraction of sp³-hybridized carbons (Fsp3) is 0.111. The average Bonchev–Trinajstić information content (AvgIpc) is 3.33. The van der Waals surface area contributed by atoms with Crippen LogP contribution in [0.25, 0.3) is 11.5 Å². The number of aromatic nitrogens is 5. The number of hydrogen-bond acceptors (Lipinski definition) is 7. The lowest BCUT2D eigenvalue weighted by molar-refractivity contribution is 0.580. The normalized spacial score (nSPS) is 10.7. The summed E-state index contributed by atoms with van der Waals surface area (Å²) in [5.41, 5.74) is 2.94. The van der Waals surface area contributed by atoms with Crippen molar-refractivity contribution in [3.63, 3.8) is 0 Å². The smallest absolute Gasteiger partial charge is 0.234 e. The summed E-state index contributed by atoms with van der Waals surface area (Å²) < 4.78 is 5.35. The van der Waals surface area contributed by atoms with Gasteiger partial charge in [-0.2, -0.15) is 10.1 Å². The summed E-state index contributed by atoms with van der Waals surface area (Å²) in [5, 5.41) is 10.2. The maximum absolute atomic E-state index is 5.35. The average molecular weight is 347 g/mol. The first-order chi connectivity index (χ1) is 12.7. The van der Waals surface area contributed by atoms with Gasteiger partial charge in [0.25, 0.3) is 0 Å². The van der Waals surface area contributed by atoms with E-state index >= 15 is 0 Å². The largest absolute Gasteiger partial charge is 0.463 e. The third-order valence-electron chi connectivity index (χ3n) is 3.85. The second kappa shape index (κ2) is 6.67. The molecule has 26 heavy (non-hydrogen) atoms. The van der Waals surface area contributed by atoms with Crippen LogP contribution in [0.1, 0.15) is 5.56 Å². The van der Waals surface area contributed by atoms with Crippen LogP contribution in [-0.2, 0) is 0 Å². The lowest BCUT2D eigenvalue weighted by atomic mass is 10.2. The summed E-state index contributed by atoms with van der Waals surface area (Å²) in [7, 11) is 1.91. The molecule has 0 radical (unpaired) electrons.